The predicted molar refractivity (Wildman–Crippen MR) is 58.4 cm³/mol. The number of aryl methyl sites for hydroxylation is 3. The van der Waals surface area contributed by atoms with Crippen LogP contribution in [0, 0.1) is 13.8 Å². The molecule has 0 atom stereocenters. The molecule has 0 radical (unpaired) electrons. The smallest absolute Gasteiger partial charge is 0 e. The molecule has 0 unspecified atom stereocenters. The maximum atomic E-state index is 2.29. The van der Waals surface area contributed by atoms with Gasteiger partial charge in [-0.1, -0.05) is 32.4 Å². The Morgan fingerprint density at radius 2 is 1.93 bits per heavy atom. The van der Waals surface area contributed by atoms with Gasteiger partial charge in [-0.15, -0.1) is 34.0 Å². The molecule has 0 saturated heterocycles. The van der Waals surface area contributed by atoms with Gasteiger partial charge in [0.1, 0.15) is 0 Å². The monoisotopic (exact) mass is 261 g/mol. The van der Waals surface area contributed by atoms with Crippen LogP contribution < -0.4 is 0 Å². The number of benzene rings is 1. The Labute approximate surface area is 105 Å². The van der Waals surface area contributed by atoms with E-state index < -0.39 is 0 Å². The second-order valence-corrected chi connectivity index (χ2v) is 3.76. The Morgan fingerprint density at radius 1 is 1.21 bits per heavy atom. The summed E-state index contributed by atoms with van der Waals surface area (Å²) >= 11 is 0. The van der Waals surface area contributed by atoms with Gasteiger partial charge in [-0.05, 0) is 6.42 Å². The van der Waals surface area contributed by atoms with Gasteiger partial charge >= 0.3 is 0 Å². The Morgan fingerprint density at radius 3 is 2.57 bits per heavy atom. The van der Waals surface area contributed by atoms with E-state index in [1.807, 2.05) is 0 Å². The van der Waals surface area contributed by atoms with E-state index in [2.05, 4.69) is 45.0 Å². The summed E-state index contributed by atoms with van der Waals surface area (Å²) in [6, 6.07) is 9.04. The Balaban J connectivity index is 0.000000980. The topological polar surface area (TPSA) is 0 Å². The van der Waals surface area contributed by atoms with Crippen LogP contribution in [0.25, 0.3) is 10.8 Å². The largest absolute Gasteiger partial charge is 0.165 e. The first-order valence-electron chi connectivity index (χ1n) is 4.88. The molecule has 2 rings (SSSR count). The molecule has 0 amide bonds. The third kappa shape index (κ3) is 1.88. The van der Waals surface area contributed by atoms with Gasteiger partial charge < -0.3 is 0 Å². The fraction of sp³-hybridized carbons (Fsp3) is 0.308. The average molecular weight is 262 g/mol. The molecule has 2 aromatic rings. The van der Waals surface area contributed by atoms with Gasteiger partial charge in [0.2, 0.25) is 0 Å². The zero-order valence-electron chi connectivity index (χ0n) is 9.02. The molecule has 0 aliphatic rings. The summed E-state index contributed by atoms with van der Waals surface area (Å²) in [5.74, 6) is 0. The Bertz CT molecular complexity index is 438. The van der Waals surface area contributed by atoms with Crippen molar-refractivity contribution in [2.75, 3.05) is 0 Å². The van der Waals surface area contributed by atoms with Crippen molar-refractivity contribution in [3.05, 3.63) is 41.0 Å². The summed E-state index contributed by atoms with van der Waals surface area (Å²) in [7, 11) is 0. The number of hydrogen-bond donors (Lipinski definition) is 0. The van der Waals surface area contributed by atoms with Crippen LogP contribution in [0.2, 0.25) is 0 Å². The number of hydrogen-bond acceptors (Lipinski definition) is 0. The van der Waals surface area contributed by atoms with Crippen molar-refractivity contribution in [1.82, 2.24) is 0 Å². The molecule has 0 nitrogen and oxygen atoms in total. The van der Waals surface area contributed by atoms with E-state index in [1.165, 1.54) is 27.5 Å². The third-order valence-electron chi connectivity index (χ3n) is 2.72. The third-order valence-corrected chi connectivity index (χ3v) is 2.72. The van der Waals surface area contributed by atoms with Crippen molar-refractivity contribution < 1.29 is 26.2 Å². The van der Waals surface area contributed by atoms with E-state index in [1.54, 1.807) is 0 Å². The molecule has 2 aromatic carbocycles. The molecule has 72 valence electrons. The zero-order valence-corrected chi connectivity index (χ0v) is 11.5. The van der Waals surface area contributed by atoms with Crippen molar-refractivity contribution in [1.29, 1.82) is 0 Å². The van der Waals surface area contributed by atoms with Crippen LogP contribution >= 0.6 is 0 Å². The summed E-state index contributed by atoms with van der Waals surface area (Å²) in [4.78, 5) is 0. The van der Waals surface area contributed by atoms with E-state index in [4.69, 9.17) is 0 Å². The molecular formula is C13H15Zr-. The van der Waals surface area contributed by atoms with Crippen molar-refractivity contribution in [2.45, 2.75) is 27.2 Å². The molecule has 0 saturated carbocycles. The van der Waals surface area contributed by atoms with Gasteiger partial charge in [0.05, 0.1) is 0 Å². The summed E-state index contributed by atoms with van der Waals surface area (Å²) < 4.78 is 0. The van der Waals surface area contributed by atoms with E-state index in [-0.39, 0.29) is 26.2 Å². The van der Waals surface area contributed by atoms with Crippen molar-refractivity contribution >= 4 is 10.8 Å². The predicted octanol–water partition coefficient (Wildman–Crippen LogP) is 3.74. The van der Waals surface area contributed by atoms with Gasteiger partial charge in [0.25, 0.3) is 0 Å². The molecule has 1 heteroatoms. The molecule has 0 N–H and O–H groups in total. The molecule has 0 bridgehead atoms. The van der Waals surface area contributed by atoms with E-state index in [0.717, 1.165) is 6.42 Å². The minimum Gasteiger partial charge on any atom is -0.165 e. The fourth-order valence-electron chi connectivity index (χ4n) is 1.96. The summed E-state index contributed by atoms with van der Waals surface area (Å²) in [6.07, 6.45) is 1.13. The maximum Gasteiger partial charge on any atom is 0 e. The van der Waals surface area contributed by atoms with Gasteiger partial charge in [0.15, 0.2) is 0 Å². The van der Waals surface area contributed by atoms with Crippen LogP contribution in [0.1, 0.15) is 23.6 Å². The number of fused-ring (bicyclic) bond motifs is 1. The average Bonchev–Trinajstić information content (AvgIpc) is 2.48. The van der Waals surface area contributed by atoms with Gasteiger partial charge in [-0.3, -0.25) is 0 Å². The second kappa shape index (κ2) is 4.49. The summed E-state index contributed by atoms with van der Waals surface area (Å²) in [5, 5.41) is 2.87. The van der Waals surface area contributed by atoms with Crippen LogP contribution in [-0.2, 0) is 32.6 Å². The van der Waals surface area contributed by atoms with Gasteiger partial charge in [-0.25, -0.2) is 0 Å². The molecule has 0 spiro atoms. The fourth-order valence-corrected chi connectivity index (χ4v) is 1.96. The van der Waals surface area contributed by atoms with Gasteiger partial charge in [-0.2, -0.15) is 6.07 Å². The van der Waals surface area contributed by atoms with Crippen LogP contribution in [0.3, 0.4) is 0 Å². The first-order valence-corrected chi connectivity index (χ1v) is 4.88. The molecule has 0 aliphatic carbocycles. The molecule has 0 heterocycles. The SMILES string of the molecule is CCc1ccc(C)c2[cH-]c(C)cc12.[Zr]. The molecule has 0 aromatic heterocycles. The quantitative estimate of drug-likeness (QED) is 0.687. The summed E-state index contributed by atoms with van der Waals surface area (Å²) in [6.45, 7) is 6.56. The van der Waals surface area contributed by atoms with Crippen LogP contribution in [0.15, 0.2) is 24.3 Å². The molecule has 0 aliphatic heterocycles. The maximum absolute atomic E-state index is 2.29. The Kier molecular flexibility index (Phi) is 3.78. The molecule has 14 heavy (non-hydrogen) atoms. The number of rotatable bonds is 1. The molecule has 0 fully saturated rings. The van der Waals surface area contributed by atoms with E-state index in [0.29, 0.717) is 0 Å². The Hall–Kier alpha value is -0.287. The normalized spacial score (nSPS) is 10.2. The van der Waals surface area contributed by atoms with E-state index >= 15 is 0 Å². The second-order valence-electron chi connectivity index (χ2n) is 3.76. The van der Waals surface area contributed by atoms with E-state index in [9.17, 15) is 0 Å². The van der Waals surface area contributed by atoms with Crippen molar-refractivity contribution in [3.63, 3.8) is 0 Å². The standard InChI is InChI=1S/C13H15.Zr/c1-4-11-6-5-10(3)12-7-9(2)8-13(11)12;/h5-8H,4H2,1-3H3;/q-1;. The first kappa shape index (κ1) is 11.8. The van der Waals surface area contributed by atoms with Crippen molar-refractivity contribution in [2.24, 2.45) is 0 Å². The summed E-state index contributed by atoms with van der Waals surface area (Å²) in [5.41, 5.74) is 4.23. The van der Waals surface area contributed by atoms with Crippen LogP contribution in [0.4, 0.5) is 0 Å². The first-order chi connectivity index (χ1) is 6.22. The molecular weight excluding hydrogens is 247 g/mol. The minimum absolute atomic E-state index is 0. The van der Waals surface area contributed by atoms with Crippen LogP contribution in [0.5, 0.6) is 0 Å². The van der Waals surface area contributed by atoms with Crippen LogP contribution in [-0.4, -0.2) is 0 Å². The van der Waals surface area contributed by atoms with Gasteiger partial charge in [0, 0.05) is 26.2 Å². The van der Waals surface area contributed by atoms with Crippen molar-refractivity contribution in [3.8, 4) is 0 Å². The zero-order chi connectivity index (χ0) is 9.42. The minimum atomic E-state index is 0.